The SMILES string of the molecule is COc1cc(C2c3c(-c4cc(C)cc(C)c4O)n[nH]c3C(=O)N2CCCO)cc(Br)c1O. The minimum atomic E-state index is -0.552. The highest BCUT2D eigenvalue weighted by Gasteiger charge is 2.42. The van der Waals surface area contributed by atoms with E-state index in [2.05, 4.69) is 26.1 Å². The molecule has 1 amide bonds. The summed E-state index contributed by atoms with van der Waals surface area (Å²) in [4.78, 5) is 14.9. The minimum Gasteiger partial charge on any atom is -0.507 e. The molecule has 1 aliphatic rings. The van der Waals surface area contributed by atoms with Gasteiger partial charge in [0.2, 0.25) is 0 Å². The number of methoxy groups -OCH3 is 1. The number of benzene rings is 2. The lowest BCUT2D eigenvalue weighted by Gasteiger charge is -2.27. The first-order valence-electron chi connectivity index (χ1n) is 10.2. The number of hydrogen-bond acceptors (Lipinski definition) is 6. The van der Waals surface area contributed by atoms with Crippen molar-refractivity contribution in [3.63, 3.8) is 0 Å². The van der Waals surface area contributed by atoms with Crippen LogP contribution in [0.4, 0.5) is 0 Å². The summed E-state index contributed by atoms with van der Waals surface area (Å²) in [7, 11) is 1.46. The number of phenols is 2. The molecule has 4 N–H and O–H groups in total. The molecule has 0 fully saturated rings. The first-order valence-corrected chi connectivity index (χ1v) is 10.9. The molecule has 1 atom stereocenters. The summed E-state index contributed by atoms with van der Waals surface area (Å²) >= 11 is 3.36. The number of ether oxygens (including phenoxy) is 1. The Labute approximate surface area is 193 Å². The molecule has 8 nitrogen and oxygen atoms in total. The molecule has 1 unspecified atom stereocenters. The van der Waals surface area contributed by atoms with Crippen molar-refractivity contribution in [2.45, 2.75) is 26.3 Å². The predicted octanol–water partition coefficient (Wildman–Crippen LogP) is 3.80. The van der Waals surface area contributed by atoms with Crippen molar-refractivity contribution in [1.29, 1.82) is 0 Å². The molecule has 0 saturated heterocycles. The van der Waals surface area contributed by atoms with Gasteiger partial charge in [-0.15, -0.1) is 0 Å². The van der Waals surface area contributed by atoms with Gasteiger partial charge in [-0.05, 0) is 71.1 Å². The number of carbonyl (C=O) groups is 1. The third-order valence-corrected chi connectivity index (χ3v) is 6.31. The predicted molar refractivity (Wildman–Crippen MR) is 122 cm³/mol. The lowest BCUT2D eigenvalue weighted by molar-refractivity contribution is 0.0732. The Morgan fingerprint density at radius 2 is 1.94 bits per heavy atom. The molecule has 0 radical (unpaired) electrons. The van der Waals surface area contributed by atoms with Gasteiger partial charge in [-0.3, -0.25) is 9.89 Å². The highest BCUT2D eigenvalue weighted by atomic mass is 79.9. The monoisotopic (exact) mass is 501 g/mol. The van der Waals surface area contributed by atoms with Crippen LogP contribution in [0.3, 0.4) is 0 Å². The number of hydrogen-bond donors (Lipinski definition) is 4. The number of nitrogens with one attached hydrogen (secondary N) is 1. The van der Waals surface area contributed by atoms with Crippen LogP contribution in [0.15, 0.2) is 28.7 Å². The summed E-state index contributed by atoms with van der Waals surface area (Å²) in [5.74, 6) is 0.0809. The number of aromatic nitrogens is 2. The molecule has 0 saturated carbocycles. The molecule has 1 aliphatic heterocycles. The van der Waals surface area contributed by atoms with Crippen LogP contribution in [0.2, 0.25) is 0 Å². The Balaban J connectivity index is 1.96. The van der Waals surface area contributed by atoms with Gasteiger partial charge in [-0.2, -0.15) is 5.10 Å². The Morgan fingerprint density at radius 1 is 1.19 bits per heavy atom. The van der Waals surface area contributed by atoms with Gasteiger partial charge < -0.3 is 25.0 Å². The lowest BCUT2D eigenvalue weighted by atomic mass is 9.94. The number of carbonyl (C=O) groups excluding carboxylic acids is 1. The maximum atomic E-state index is 13.3. The maximum Gasteiger partial charge on any atom is 0.273 e. The number of amides is 1. The number of aromatic hydroxyl groups is 2. The van der Waals surface area contributed by atoms with E-state index in [9.17, 15) is 20.1 Å². The van der Waals surface area contributed by atoms with Gasteiger partial charge in [0.05, 0.1) is 17.6 Å². The zero-order chi connectivity index (χ0) is 23.2. The summed E-state index contributed by atoms with van der Waals surface area (Å²) < 4.78 is 5.74. The van der Waals surface area contributed by atoms with Gasteiger partial charge in [0.15, 0.2) is 11.5 Å². The topological polar surface area (TPSA) is 119 Å². The van der Waals surface area contributed by atoms with Crippen molar-refractivity contribution in [3.05, 3.63) is 56.7 Å². The van der Waals surface area contributed by atoms with E-state index in [1.165, 1.54) is 7.11 Å². The fourth-order valence-corrected chi connectivity index (χ4v) is 4.73. The van der Waals surface area contributed by atoms with Crippen molar-refractivity contribution >= 4 is 21.8 Å². The molecule has 0 bridgehead atoms. The Hall–Kier alpha value is -3.04. The zero-order valence-corrected chi connectivity index (χ0v) is 19.5. The molecular formula is C23H24BrN3O5. The molecule has 168 valence electrons. The largest absolute Gasteiger partial charge is 0.507 e. The van der Waals surface area contributed by atoms with Gasteiger partial charge >= 0.3 is 0 Å². The lowest BCUT2D eigenvalue weighted by Crippen LogP contribution is -2.31. The fourth-order valence-electron chi connectivity index (χ4n) is 4.27. The zero-order valence-electron chi connectivity index (χ0n) is 17.9. The highest BCUT2D eigenvalue weighted by Crippen LogP contribution is 2.47. The van der Waals surface area contributed by atoms with Crippen LogP contribution in [-0.4, -0.2) is 56.6 Å². The number of fused-ring (bicyclic) bond motifs is 1. The second-order valence-electron chi connectivity index (χ2n) is 7.87. The van der Waals surface area contributed by atoms with Crippen molar-refractivity contribution in [2.75, 3.05) is 20.3 Å². The second kappa shape index (κ2) is 8.48. The van der Waals surface area contributed by atoms with E-state index in [0.29, 0.717) is 51.1 Å². The van der Waals surface area contributed by atoms with E-state index in [0.717, 1.165) is 5.56 Å². The number of halogens is 1. The van der Waals surface area contributed by atoms with Crippen LogP contribution < -0.4 is 4.74 Å². The summed E-state index contributed by atoms with van der Waals surface area (Å²) in [5.41, 5.74) is 4.35. The van der Waals surface area contributed by atoms with Crippen LogP contribution in [-0.2, 0) is 0 Å². The molecule has 0 spiro atoms. The molecule has 0 aliphatic carbocycles. The number of aliphatic hydroxyl groups excluding tert-OH is 1. The number of aliphatic hydroxyl groups is 1. The van der Waals surface area contributed by atoms with E-state index >= 15 is 0 Å². The first-order chi connectivity index (χ1) is 15.3. The third kappa shape index (κ3) is 3.51. The van der Waals surface area contributed by atoms with Crippen LogP contribution in [0.25, 0.3) is 11.3 Å². The molecule has 2 aromatic carbocycles. The number of aryl methyl sites for hydroxylation is 2. The van der Waals surface area contributed by atoms with Gasteiger partial charge in [-0.1, -0.05) is 6.07 Å². The average Bonchev–Trinajstić information content (AvgIpc) is 3.30. The van der Waals surface area contributed by atoms with Crippen LogP contribution in [0, 0.1) is 13.8 Å². The smallest absolute Gasteiger partial charge is 0.273 e. The van der Waals surface area contributed by atoms with E-state index in [-0.39, 0.29) is 29.8 Å². The van der Waals surface area contributed by atoms with Crippen molar-refractivity contribution in [1.82, 2.24) is 15.1 Å². The van der Waals surface area contributed by atoms with Crippen LogP contribution >= 0.6 is 15.9 Å². The highest BCUT2D eigenvalue weighted by molar-refractivity contribution is 9.10. The van der Waals surface area contributed by atoms with Crippen molar-refractivity contribution in [3.8, 4) is 28.5 Å². The summed E-state index contributed by atoms with van der Waals surface area (Å²) in [5, 5.41) is 37.7. The maximum absolute atomic E-state index is 13.3. The summed E-state index contributed by atoms with van der Waals surface area (Å²) in [6.07, 6.45) is 0.403. The third-order valence-electron chi connectivity index (χ3n) is 5.71. The van der Waals surface area contributed by atoms with Crippen LogP contribution in [0.1, 0.15) is 45.2 Å². The fraction of sp³-hybridized carbons (Fsp3) is 0.304. The number of H-pyrrole nitrogens is 1. The van der Waals surface area contributed by atoms with Gasteiger partial charge in [-0.25, -0.2) is 0 Å². The quantitative estimate of drug-likeness (QED) is 0.407. The Kier molecular flexibility index (Phi) is 5.87. The molecule has 1 aromatic heterocycles. The van der Waals surface area contributed by atoms with E-state index in [1.54, 1.807) is 17.0 Å². The summed E-state index contributed by atoms with van der Waals surface area (Å²) in [6, 6.07) is 6.57. The minimum absolute atomic E-state index is 0.0397. The van der Waals surface area contributed by atoms with E-state index < -0.39 is 6.04 Å². The molecular weight excluding hydrogens is 478 g/mol. The van der Waals surface area contributed by atoms with Crippen LogP contribution in [0.5, 0.6) is 17.2 Å². The van der Waals surface area contributed by atoms with Gasteiger partial charge in [0.1, 0.15) is 17.1 Å². The average molecular weight is 502 g/mol. The number of nitrogens with zero attached hydrogens (tertiary/aromatic N) is 2. The molecule has 4 rings (SSSR count). The van der Waals surface area contributed by atoms with Gasteiger partial charge in [0.25, 0.3) is 5.91 Å². The number of rotatable bonds is 6. The van der Waals surface area contributed by atoms with E-state index in [4.69, 9.17) is 4.74 Å². The molecule has 2 heterocycles. The van der Waals surface area contributed by atoms with Crippen molar-refractivity contribution < 1.29 is 24.9 Å². The standard InChI is InChI=1S/C23H24BrN3O5/c1-11-7-12(2)21(29)14(8-11)18-17-19(26-25-18)23(31)27(5-4-6-28)20(17)13-9-15(24)22(30)16(10-13)32-3/h7-10,20,28-30H,4-6H2,1-3H3,(H,25,26). The molecule has 9 heteroatoms. The number of phenolic OH excluding ortho intramolecular Hbond substituents is 2. The Bertz CT molecular complexity index is 1210. The van der Waals surface area contributed by atoms with Gasteiger partial charge in [0, 0.05) is 24.3 Å². The number of aromatic amines is 1. The van der Waals surface area contributed by atoms with Crippen molar-refractivity contribution in [2.24, 2.45) is 0 Å². The Morgan fingerprint density at radius 3 is 2.62 bits per heavy atom. The molecule has 3 aromatic rings. The summed E-state index contributed by atoms with van der Waals surface area (Å²) in [6.45, 7) is 4.01. The first kappa shape index (κ1) is 22.2. The van der Waals surface area contributed by atoms with E-state index in [1.807, 2.05) is 26.0 Å². The molecule has 32 heavy (non-hydrogen) atoms. The second-order valence-corrected chi connectivity index (χ2v) is 8.73. The normalized spacial score (nSPS) is 15.3.